The lowest BCUT2D eigenvalue weighted by molar-refractivity contribution is 0.0591. The number of ketones is 1. The van der Waals surface area contributed by atoms with Gasteiger partial charge in [-0.15, -0.1) is 0 Å². The fourth-order valence-electron chi connectivity index (χ4n) is 5.25. The summed E-state index contributed by atoms with van der Waals surface area (Å²) in [6, 6.07) is 32.4. The van der Waals surface area contributed by atoms with Gasteiger partial charge < -0.3 is 29.9 Å². The van der Waals surface area contributed by atoms with Crippen molar-refractivity contribution in [2.24, 2.45) is 0 Å². The van der Waals surface area contributed by atoms with Crippen LogP contribution in [-0.4, -0.2) is 73.0 Å². The number of methoxy groups -OCH3 is 2. The summed E-state index contributed by atoms with van der Waals surface area (Å²) in [5.74, 6) is -0.930. The van der Waals surface area contributed by atoms with Gasteiger partial charge in [-0.2, -0.15) is 0 Å². The predicted octanol–water partition coefficient (Wildman–Crippen LogP) is 6.88. The quantitative estimate of drug-likeness (QED) is 0.0753. The predicted molar refractivity (Wildman–Crippen MR) is 201 cm³/mol. The number of rotatable bonds is 7. The Hall–Kier alpha value is -7.80. The molecule has 55 heavy (non-hydrogen) atoms. The highest BCUT2D eigenvalue weighted by Gasteiger charge is 2.20. The zero-order chi connectivity index (χ0) is 39.5. The normalized spacial score (nSPS) is 10.2. The van der Waals surface area contributed by atoms with E-state index in [0.717, 1.165) is 5.52 Å². The summed E-state index contributed by atoms with van der Waals surface area (Å²) in [5.41, 5.74) is 3.53. The van der Waals surface area contributed by atoms with E-state index in [4.69, 9.17) is 9.84 Å². The number of nitrogens with zero attached hydrogens (tertiary/aromatic N) is 3. The number of pyridine rings is 2. The molecule has 0 amide bonds. The summed E-state index contributed by atoms with van der Waals surface area (Å²) in [6.07, 6.45) is 3.83. The highest BCUT2D eigenvalue weighted by Crippen LogP contribution is 2.37. The van der Waals surface area contributed by atoms with E-state index in [9.17, 15) is 34.5 Å². The average molecular weight is 740 g/mol. The van der Waals surface area contributed by atoms with Crippen LogP contribution in [-0.2, 0) is 9.47 Å². The Morgan fingerprint density at radius 3 is 1.87 bits per heavy atom. The number of para-hydroxylation sites is 2. The van der Waals surface area contributed by atoms with Crippen molar-refractivity contribution in [3.8, 4) is 45.6 Å². The number of hydrogen-bond acceptors (Lipinski definition) is 12. The molecule has 0 bridgehead atoms. The van der Waals surface area contributed by atoms with E-state index in [0.29, 0.717) is 40.2 Å². The maximum atomic E-state index is 11.9. The van der Waals surface area contributed by atoms with Crippen LogP contribution in [0.1, 0.15) is 47.1 Å². The van der Waals surface area contributed by atoms with Crippen LogP contribution in [0.2, 0.25) is 0 Å². The van der Waals surface area contributed by atoms with Crippen LogP contribution >= 0.6 is 0 Å². The molecule has 4 N–H and O–H groups in total. The fourth-order valence-corrected chi connectivity index (χ4v) is 5.25. The van der Waals surface area contributed by atoms with Gasteiger partial charge in [0.2, 0.25) is 5.78 Å². The second-order valence-corrected chi connectivity index (χ2v) is 11.4. The first kappa shape index (κ1) is 38.4. The van der Waals surface area contributed by atoms with Crippen LogP contribution in [0.3, 0.4) is 0 Å². The molecule has 0 radical (unpaired) electrons. The number of esters is 2. The molecule has 3 aromatic heterocycles. The first-order valence-electron chi connectivity index (χ1n) is 16.3. The van der Waals surface area contributed by atoms with E-state index in [1.54, 1.807) is 65.2 Å². The summed E-state index contributed by atoms with van der Waals surface area (Å²) in [6.45, 7) is 0. The minimum Gasteiger partial charge on any atom is -0.507 e. The minimum absolute atomic E-state index is 0.0118. The van der Waals surface area contributed by atoms with Crippen LogP contribution in [0.15, 0.2) is 134 Å². The molecule has 0 aliphatic heterocycles. The van der Waals surface area contributed by atoms with Crippen molar-refractivity contribution < 1.29 is 49.1 Å². The molecule has 13 nitrogen and oxygen atoms in total. The van der Waals surface area contributed by atoms with E-state index >= 15 is 0 Å². The second-order valence-electron chi connectivity index (χ2n) is 11.4. The molecule has 3 heterocycles. The molecule has 0 saturated carbocycles. The molecule has 0 fully saturated rings. The molecule has 4 aromatic carbocycles. The van der Waals surface area contributed by atoms with Crippen molar-refractivity contribution in [2.45, 2.75) is 0 Å². The Kier molecular flexibility index (Phi) is 12.3. The summed E-state index contributed by atoms with van der Waals surface area (Å²) >= 11 is 0. The number of hydrogen-bond donors (Lipinski definition) is 4. The molecular formula is C42H33N3O10. The van der Waals surface area contributed by atoms with Crippen molar-refractivity contribution in [3.63, 3.8) is 0 Å². The smallest absolute Gasteiger partial charge is 0.337 e. The lowest BCUT2D eigenvalue weighted by atomic mass is 10.1. The standard InChI is InChI=1S/C21H16N2O4.C12H9NO2.C9H8O4/c1-27-21(26)13-9-10-18(25)15(12-13)20-22-19(14-6-2-3-8-17(14)24)16-7-4-5-11-23(16)20;14-11-7-2-1-5-9(11)12(15)10-6-3-4-8-13-10;1-13-9(12)6-2-3-8(11)7(4-6)5-10/h2-12,24-25H,1H3;1-8,14H;2-5,11H,1H3. The topological polar surface area (TPSA) is 198 Å². The number of imidazole rings is 1. The molecule has 0 saturated heterocycles. The maximum Gasteiger partial charge on any atom is 0.337 e. The first-order valence-corrected chi connectivity index (χ1v) is 16.3. The largest absolute Gasteiger partial charge is 0.507 e. The van der Waals surface area contributed by atoms with Crippen molar-refractivity contribution in [3.05, 3.63) is 162 Å². The van der Waals surface area contributed by atoms with E-state index < -0.39 is 11.9 Å². The molecule has 7 rings (SSSR count). The van der Waals surface area contributed by atoms with Gasteiger partial charge in [-0.3, -0.25) is 19.0 Å². The number of carbonyl (C=O) groups is 4. The number of ether oxygens (including phenoxy) is 2. The SMILES string of the molecule is COC(=O)c1ccc(O)c(-c2nc(-c3ccccc3O)c3ccccn23)c1.COC(=O)c1ccc(O)c(C=O)c1.O=C(c1ccccn1)c1ccccc1O. The maximum absolute atomic E-state index is 11.9. The van der Waals surface area contributed by atoms with Gasteiger partial charge in [-0.25, -0.2) is 14.6 Å². The number of aromatic nitrogens is 3. The number of carbonyl (C=O) groups excluding carboxylic acids is 4. The van der Waals surface area contributed by atoms with Crippen LogP contribution in [0.5, 0.6) is 23.0 Å². The van der Waals surface area contributed by atoms with E-state index in [1.165, 1.54) is 56.7 Å². The fraction of sp³-hybridized carbons (Fsp3) is 0.0476. The first-order chi connectivity index (χ1) is 26.6. The number of phenols is 4. The summed E-state index contributed by atoms with van der Waals surface area (Å²) in [4.78, 5) is 53.7. The Balaban J connectivity index is 0.000000175. The molecule has 13 heteroatoms. The highest BCUT2D eigenvalue weighted by molar-refractivity contribution is 6.09. The van der Waals surface area contributed by atoms with E-state index in [-0.39, 0.29) is 45.5 Å². The molecule has 0 aliphatic rings. The van der Waals surface area contributed by atoms with Crippen molar-refractivity contribution in [1.82, 2.24) is 14.4 Å². The number of aromatic hydroxyl groups is 4. The minimum atomic E-state index is -0.539. The molecule has 276 valence electrons. The van der Waals surface area contributed by atoms with Gasteiger partial charge in [0.1, 0.15) is 40.2 Å². The number of phenolic OH excluding ortho intramolecular Hbond substituents is 4. The second kappa shape index (κ2) is 17.6. The van der Waals surface area contributed by atoms with Crippen LogP contribution in [0.25, 0.3) is 28.2 Å². The molecule has 7 aromatic rings. The van der Waals surface area contributed by atoms with Gasteiger partial charge in [0, 0.05) is 18.0 Å². The Bertz CT molecular complexity index is 2500. The zero-order valence-corrected chi connectivity index (χ0v) is 29.4. The Morgan fingerprint density at radius 2 is 1.24 bits per heavy atom. The Labute approximate surface area is 314 Å². The molecule has 0 unspecified atom stereocenters. The van der Waals surface area contributed by atoms with E-state index in [2.05, 4.69) is 14.7 Å². The van der Waals surface area contributed by atoms with Crippen LogP contribution in [0, 0.1) is 0 Å². The van der Waals surface area contributed by atoms with Gasteiger partial charge in [0.25, 0.3) is 0 Å². The van der Waals surface area contributed by atoms with Crippen molar-refractivity contribution in [1.29, 1.82) is 0 Å². The molecule has 0 atom stereocenters. The van der Waals surface area contributed by atoms with Crippen LogP contribution in [0.4, 0.5) is 0 Å². The zero-order valence-electron chi connectivity index (χ0n) is 29.4. The third-order valence-corrected chi connectivity index (χ3v) is 7.99. The molecule has 0 spiro atoms. The monoisotopic (exact) mass is 739 g/mol. The van der Waals surface area contributed by atoms with Crippen LogP contribution < -0.4 is 0 Å². The number of benzene rings is 4. The number of aldehydes is 1. The lowest BCUT2D eigenvalue weighted by Crippen LogP contribution is -2.03. The highest BCUT2D eigenvalue weighted by atomic mass is 16.5. The summed E-state index contributed by atoms with van der Waals surface area (Å²) in [7, 11) is 2.55. The van der Waals surface area contributed by atoms with Crippen molar-refractivity contribution in [2.75, 3.05) is 14.2 Å². The molecular weight excluding hydrogens is 706 g/mol. The van der Waals surface area contributed by atoms with Gasteiger partial charge in [0.05, 0.1) is 47.6 Å². The summed E-state index contributed by atoms with van der Waals surface area (Å²) in [5, 5.41) is 39.2. The molecule has 0 aliphatic carbocycles. The third kappa shape index (κ3) is 8.81. The Morgan fingerprint density at radius 1 is 0.636 bits per heavy atom. The average Bonchev–Trinajstić information content (AvgIpc) is 3.60. The number of fused-ring (bicyclic) bond motifs is 1. The van der Waals surface area contributed by atoms with Gasteiger partial charge in [-0.1, -0.05) is 36.4 Å². The van der Waals surface area contributed by atoms with Crippen molar-refractivity contribution >= 4 is 29.5 Å². The van der Waals surface area contributed by atoms with Gasteiger partial charge in [-0.05, 0) is 84.9 Å². The third-order valence-electron chi connectivity index (χ3n) is 7.99. The summed E-state index contributed by atoms with van der Waals surface area (Å²) < 4.78 is 11.0. The lowest BCUT2D eigenvalue weighted by Gasteiger charge is -2.06. The van der Waals surface area contributed by atoms with E-state index in [1.807, 2.05) is 30.5 Å². The van der Waals surface area contributed by atoms with Gasteiger partial charge >= 0.3 is 11.9 Å². The van der Waals surface area contributed by atoms with Gasteiger partial charge in [0.15, 0.2) is 6.29 Å².